The number of rotatable bonds is 11. The lowest BCUT2D eigenvalue weighted by Crippen LogP contribution is -2.29. The summed E-state index contributed by atoms with van der Waals surface area (Å²) in [6.07, 6.45) is 1.22. The zero-order valence-electron chi connectivity index (χ0n) is 16.9. The van der Waals surface area contributed by atoms with Crippen LogP contribution in [0.15, 0.2) is 53.4 Å². The van der Waals surface area contributed by atoms with Gasteiger partial charge < -0.3 is 15.2 Å². The predicted molar refractivity (Wildman–Crippen MR) is 115 cm³/mol. The zero-order valence-corrected chi connectivity index (χ0v) is 17.7. The van der Waals surface area contributed by atoms with Gasteiger partial charge >= 0.3 is 0 Å². The van der Waals surface area contributed by atoms with Crippen LogP contribution in [-0.2, 0) is 11.2 Å². The van der Waals surface area contributed by atoms with Gasteiger partial charge in [0.2, 0.25) is 5.91 Å². The van der Waals surface area contributed by atoms with Gasteiger partial charge in [0.05, 0.1) is 13.5 Å². The third-order valence-corrected chi connectivity index (χ3v) is 5.14. The molecule has 0 aromatic heterocycles. The van der Waals surface area contributed by atoms with E-state index in [-0.39, 0.29) is 11.7 Å². The normalized spacial score (nSPS) is 11.0. The van der Waals surface area contributed by atoms with Crippen LogP contribution in [0, 0.1) is 5.92 Å². The monoisotopic (exact) mass is 402 g/mol. The number of nitrogens with one attached hydrogen (secondary N) is 1. The number of nitrogens with zero attached hydrogens (tertiary/aromatic N) is 1. The average molecular weight is 403 g/mol. The molecule has 0 spiro atoms. The highest BCUT2D eigenvalue weighted by Gasteiger charge is 2.10. The number of aromatic hydroxyl groups is 1. The van der Waals surface area contributed by atoms with E-state index < -0.39 is 0 Å². The van der Waals surface area contributed by atoms with Crippen LogP contribution in [0.2, 0.25) is 0 Å². The first kappa shape index (κ1) is 22.1. The van der Waals surface area contributed by atoms with E-state index in [4.69, 9.17) is 4.74 Å². The highest BCUT2D eigenvalue weighted by Crippen LogP contribution is 2.25. The van der Waals surface area contributed by atoms with Gasteiger partial charge in [0.15, 0.2) is 0 Å². The first-order valence-electron chi connectivity index (χ1n) is 9.58. The minimum Gasteiger partial charge on any atom is -0.508 e. The van der Waals surface area contributed by atoms with Gasteiger partial charge in [0.1, 0.15) is 11.5 Å². The van der Waals surface area contributed by atoms with E-state index in [0.29, 0.717) is 18.9 Å². The van der Waals surface area contributed by atoms with Gasteiger partial charge in [0.25, 0.3) is 0 Å². The Bertz CT molecular complexity index is 718. The topological polar surface area (TPSA) is 61.8 Å². The fourth-order valence-electron chi connectivity index (χ4n) is 2.71. The molecule has 0 radical (unpaired) electrons. The lowest BCUT2D eigenvalue weighted by atomic mass is 10.1. The molecule has 6 heteroatoms. The van der Waals surface area contributed by atoms with Crippen molar-refractivity contribution in [1.29, 1.82) is 0 Å². The maximum Gasteiger partial charge on any atom is 0.224 e. The Kier molecular flexibility index (Phi) is 9.17. The van der Waals surface area contributed by atoms with Crippen LogP contribution in [-0.4, -0.2) is 42.1 Å². The zero-order chi connectivity index (χ0) is 20.4. The summed E-state index contributed by atoms with van der Waals surface area (Å²) in [5.74, 6) is 1.64. The van der Waals surface area contributed by atoms with Gasteiger partial charge in [-0.25, -0.2) is 4.31 Å². The molecule has 0 saturated heterocycles. The Morgan fingerprint density at radius 2 is 1.82 bits per heavy atom. The van der Waals surface area contributed by atoms with Gasteiger partial charge in [-0.15, -0.1) is 0 Å². The maximum absolute atomic E-state index is 12.1. The molecule has 0 aliphatic heterocycles. The predicted octanol–water partition coefficient (Wildman–Crippen LogP) is 4.11. The first-order chi connectivity index (χ1) is 13.5. The van der Waals surface area contributed by atoms with Crippen molar-refractivity contribution in [2.75, 3.05) is 26.7 Å². The average Bonchev–Trinajstić information content (AvgIpc) is 2.67. The summed E-state index contributed by atoms with van der Waals surface area (Å²) in [6.45, 7) is 6.95. The molecule has 2 N–H and O–H groups in total. The molecule has 2 aromatic carbocycles. The fraction of sp³-hybridized carbons (Fsp3) is 0.409. The van der Waals surface area contributed by atoms with Crippen LogP contribution in [0.25, 0.3) is 0 Å². The third kappa shape index (κ3) is 8.23. The number of phenols is 1. The summed E-state index contributed by atoms with van der Waals surface area (Å²) in [4.78, 5) is 13.2. The fourth-order valence-corrected chi connectivity index (χ4v) is 3.86. The summed E-state index contributed by atoms with van der Waals surface area (Å²) in [5, 5.41) is 12.3. The number of ether oxygens (including phenoxy) is 1. The van der Waals surface area contributed by atoms with Crippen molar-refractivity contribution in [1.82, 2.24) is 9.62 Å². The highest BCUT2D eigenvalue weighted by atomic mass is 32.2. The number of hydrogen-bond donors (Lipinski definition) is 2. The standard InChI is InChI=1S/C22H30N2O3S/c1-17(2)16-24(28-21-11-9-20(27-3)10-12-21)14-4-13-23-22(26)15-18-5-7-19(25)8-6-18/h5-12,17,25H,4,13-16H2,1-3H3,(H,23,26). The van der Waals surface area contributed by atoms with E-state index in [2.05, 4.69) is 35.6 Å². The van der Waals surface area contributed by atoms with E-state index in [1.165, 1.54) is 4.90 Å². The minimum atomic E-state index is 0.00362. The molecular formula is C22H30N2O3S. The van der Waals surface area contributed by atoms with E-state index in [9.17, 15) is 9.90 Å². The van der Waals surface area contributed by atoms with Crippen LogP contribution in [0.1, 0.15) is 25.8 Å². The van der Waals surface area contributed by atoms with Crippen molar-refractivity contribution in [2.45, 2.75) is 31.6 Å². The second-order valence-electron chi connectivity index (χ2n) is 7.10. The lowest BCUT2D eigenvalue weighted by molar-refractivity contribution is -0.120. The first-order valence-corrected chi connectivity index (χ1v) is 10.3. The van der Waals surface area contributed by atoms with Crippen molar-refractivity contribution < 1.29 is 14.6 Å². The minimum absolute atomic E-state index is 0.00362. The molecular weight excluding hydrogens is 372 g/mol. The molecule has 2 aromatic rings. The summed E-state index contributed by atoms with van der Waals surface area (Å²) in [5.41, 5.74) is 0.895. The van der Waals surface area contributed by atoms with E-state index in [0.717, 1.165) is 30.8 Å². The number of hydrogen-bond acceptors (Lipinski definition) is 5. The quantitative estimate of drug-likeness (QED) is 0.437. The van der Waals surface area contributed by atoms with Gasteiger partial charge in [-0.3, -0.25) is 4.79 Å². The van der Waals surface area contributed by atoms with Gasteiger partial charge in [0, 0.05) is 24.5 Å². The second-order valence-corrected chi connectivity index (χ2v) is 8.27. The third-order valence-electron chi connectivity index (χ3n) is 4.07. The molecule has 0 heterocycles. The smallest absolute Gasteiger partial charge is 0.224 e. The van der Waals surface area contributed by atoms with E-state index >= 15 is 0 Å². The summed E-state index contributed by atoms with van der Waals surface area (Å²) < 4.78 is 7.56. The summed E-state index contributed by atoms with van der Waals surface area (Å²) in [6, 6.07) is 14.8. The van der Waals surface area contributed by atoms with E-state index in [1.54, 1.807) is 43.3 Å². The molecule has 0 unspecified atom stereocenters. The van der Waals surface area contributed by atoms with Gasteiger partial charge in [-0.2, -0.15) is 0 Å². The van der Waals surface area contributed by atoms with Crippen LogP contribution in [0.3, 0.4) is 0 Å². The SMILES string of the molecule is COc1ccc(SN(CCCNC(=O)Cc2ccc(O)cc2)CC(C)C)cc1. The van der Waals surface area contributed by atoms with Crippen LogP contribution in [0.4, 0.5) is 0 Å². The van der Waals surface area contributed by atoms with Crippen LogP contribution in [0.5, 0.6) is 11.5 Å². The number of benzene rings is 2. The molecule has 0 atom stereocenters. The van der Waals surface area contributed by atoms with Crippen molar-refractivity contribution in [3.63, 3.8) is 0 Å². The molecule has 0 bridgehead atoms. The Hall–Kier alpha value is -2.18. The van der Waals surface area contributed by atoms with Crippen molar-refractivity contribution in [3.05, 3.63) is 54.1 Å². The van der Waals surface area contributed by atoms with Crippen LogP contribution >= 0.6 is 11.9 Å². The number of amides is 1. The Labute approximate surface area is 172 Å². The number of carbonyl (C=O) groups excluding carboxylic acids is 1. The van der Waals surface area contributed by atoms with E-state index in [1.807, 2.05) is 12.1 Å². The molecule has 0 saturated carbocycles. The molecule has 2 rings (SSSR count). The van der Waals surface area contributed by atoms with Crippen molar-refractivity contribution >= 4 is 17.9 Å². The molecule has 1 amide bonds. The number of carbonyl (C=O) groups is 1. The van der Waals surface area contributed by atoms with Crippen molar-refractivity contribution in [2.24, 2.45) is 5.92 Å². The van der Waals surface area contributed by atoms with Gasteiger partial charge in [-0.05, 0) is 66.2 Å². The number of methoxy groups -OCH3 is 1. The Balaban J connectivity index is 1.75. The molecule has 28 heavy (non-hydrogen) atoms. The summed E-state index contributed by atoms with van der Waals surface area (Å²) in [7, 11) is 1.67. The highest BCUT2D eigenvalue weighted by molar-refractivity contribution is 7.97. The van der Waals surface area contributed by atoms with Crippen LogP contribution < -0.4 is 10.1 Å². The molecule has 0 aliphatic carbocycles. The molecule has 0 fully saturated rings. The molecule has 0 aliphatic rings. The van der Waals surface area contributed by atoms with Gasteiger partial charge in [-0.1, -0.05) is 26.0 Å². The second kappa shape index (κ2) is 11.6. The Morgan fingerprint density at radius 3 is 2.43 bits per heavy atom. The lowest BCUT2D eigenvalue weighted by Gasteiger charge is -2.23. The molecule has 152 valence electrons. The number of phenolic OH excluding ortho intramolecular Hbond substituents is 1. The summed E-state index contributed by atoms with van der Waals surface area (Å²) >= 11 is 1.74. The largest absolute Gasteiger partial charge is 0.508 e. The van der Waals surface area contributed by atoms with Crippen molar-refractivity contribution in [3.8, 4) is 11.5 Å². The molecule has 5 nitrogen and oxygen atoms in total. The maximum atomic E-state index is 12.1. The Morgan fingerprint density at radius 1 is 1.14 bits per heavy atom.